The highest BCUT2D eigenvalue weighted by Crippen LogP contribution is 2.19. The molecule has 2 rings (SSSR count). The van der Waals surface area contributed by atoms with Gasteiger partial charge in [-0.15, -0.1) is 0 Å². The fourth-order valence-corrected chi connectivity index (χ4v) is 2.41. The van der Waals surface area contributed by atoms with E-state index < -0.39 is 12.1 Å². The Kier molecular flexibility index (Phi) is 4.33. The van der Waals surface area contributed by atoms with Crippen LogP contribution in [0.5, 0.6) is 0 Å². The number of nitrogens with zero attached hydrogens (tertiary/aromatic N) is 1. The van der Waals surface area contributed by atoms with Gasteiger partial charge in [-0.1, -0.05) is 30.3 Å². The van der Waals surface area contributed by atoms with Crippen LogP contribution in [0.1, 0.15) is 18.4 Å². The molecular weight excluding hydrogens is 230 g/mol. The first kappa shape index (κ1) is 13.1. The number of likely N-dealkylation sites (tertiary alicyclic amines) is 1. The van der Waals surface area contributed by atoms with E-state index in [1.54, 1.807) is 4.90 Å². The summed E-state index contributed by atoms with van der Waals surface area (Å²) in [4.78, 5) is 13.6. The smallest absolute Gasteiger partial charge is 0.223 e. The molecule has 1 aliphatic rings. The lowest BCUT2D eigenvalue weighted by Gasteiger charge is -2.24. The van der Waals surface area contributed by atoms with Gasteiger partial charge >= 0.3 is 0 Å². The predicted molar refractivity (Wildman–Crippen MR) is 68.0 cm³/mol. The van der Waals surface area contributed by atoms with E-state index in [9.17, 15) is 15.0 Å². The molecule has 0 saturated carbocycles. The predicted octanol–water partition coefficient (Wildman–Crippen LogP) is 0.573. The molecule has 0 bridgehead atoms. The molecule has 1 heterocycles. The first-order chi connectivity index (χ1) is 8.72. The number of benzene rings is 1. The topological polar surface area (TPSA) is 60.8 Å². The van der Waals surface area contributed by atoms with Gasteiger partial charge in [0.05, 0.1) is 18.8 Å². The van der Waals surface area contributed by atoms with Crippen LogP contribution in [0.3, 0.4) is 0 Å². The quantitative estimate of drug-likeness (QED) is 0.820. The van der Waals surface area contributed by atoms with Gasteiger partial charge in [0.15, 0.2) is 0 Å². The number of carbonyl (C=O) groups excluding carboxylic acids is 1. The zero-order chi connectivity index (χ0) is 13.0. The molecule has 4 nitrogen and oxygen atoms in total. The number of hydrogen-bond acceptors (Lipinski definition) is 3. The normalized spacial score (nSPS) is 23.3. The molecule has 1 saturated heterocycles. The Morgan fingerprint density at radius 3 is 2.72 bits per heavy atom. The molecule has 1 amide bonds. The highest BCUT2D eigenvalue weighted by atomic mass is 16.3. The van der Waals surface area contributed by atoms with Crippen LogP contribution in [-0.4, -0.2) is 46.3 Å². The summed E-state index contributed by atoms with van der Waals surface area (Å²) in [5, 5.41) is 18.8. The van der Waals surface area contributed by atoms with Crippen molar-refractivity contribution in [3.8, 4) is 0 Å². The second-order valence-corrected chi connectivity index (χ2v) is 4.68. The first-order valence-electron chi connectivity index (χ1n) is 6.34. The number of aryl methyl sites for hydroxylation is 1. The zero-order valence-electron chi connectivity index (χ0n) is 10.3. The molecule has 2 unspecified atom stereocenters. The van der Waals surface area contributed by atoms with Crippen LogP contribution >= 0.6 is 0 Å². The van der Waals surface area contributed by atoms with Crippen LogP contribution < -0.4 is 0 Å². The minimum atomic E-state index is -0.587. The van der Waals surface area contributed by atoms with Crippen molar-refractivity contribution in [1.29, 1.82) is 0 Å². The summed E-state index contributed by atoms with van der Waals surface area (Å²) in [6, 6.07) is 9.43. The zero-order valence-corrected chi connectivity index (χ0v) is 10.3. The van der Waals surface area contributed by atoms with Crippen molar-refractivity contribution in [2.45, 2.75) is 31.4 Å². The SMILES string of the molecule is O=C(CCc1ccccc1)N1CCC(O)C1CO. The summed E-state index contributed by atoms with van der Waals surface area (Å²) in [7, 11) is 0. The van der Waals surface area contributed by atoms with E-state index in [-0.39, 0.29) is 12.5 Å². The van der Waals surface area contributed by atoms with Crippen LogP contribution in [0.25, 0.3) is 0 Å². The number of aliphatic hydroxyl groups excluding tert-OH is 2. The lowest BCUT2D eigenvalue weighted by molar-refractivity contribution is -0.133. The maximum atomic E-state index is 12.0. The third-order valence-electron chi connectivity index (χ3n) is 3.49. The van der Waals surface area contributed by atoms with Crippen molar-refractivity contribution < 1.29 is 15.0 Å². The fraction of sp³-hybridized carbons (Fsp3) is 0.500. The summed E-state index contributed by atoms with van der Waals surface area (Å²) in [5.41, 5.74) is 1.13. The lowest BCUT2D eigenvalue weighted by Crippen LogP contribution is -2.42. The van der Waals surface area contributed by atoms with E-state index in [0.29, 0.717) is 25.8 Å². The summed E-state index contributed by atoms with van der Waals surface area (Å²) in [6.45, 7) is 0.373. The molecule has 2 N–H and O–H groups in total. The monoisotopic (exact) mass is 249 g/mol. The highest BCUT2D eigenvalue weighted by Gasteiger charge is 2.34. The van der Waals surface area contributed by atoms with Gasteiger partial charge in [-0.2, -0.15) is 0 Å². The van der Waals surface area contributed by atoms with E-state index in [2.05, 4.69) is 0 Å². The fourth-order valence-electron chi connectivity index (χ4n) is 2.41. The van der Waals surface area contributed by atoms with Crippen molar-refractivity contribution in [3.05, 3.63) is 35.9 Å². The minimum absolute atomic E-state index is 0.00875. The Morgan fingerprint density at radius 1 is 1.33 bits per heavy atom. The van der Waals surface area contributed by atoms with Crippen LogP contribution in [0.2, 0.25) is 0 Å². The average Bonchev–Trinajstić information content (AvgIpc) is 2.78. The van der Waals surface area contributed by atoms with Gasteiger partial charge in [0, 0.05) is 13.0 Å². The Hall–Kier alpha value is -1.39. The van der Waals surface area contributed by atoms with Crippen LogP contribution in [0.4, 0.5) is 0 Å². The maximum absolute atomic E-state index is 12.0. The Morgan fingerprint density at radius 2 is 2.06 bits per heavy atom. The molecule has 0 aliphatic carbocycles. The average molecular weight is 249 g/mol. The molecular formula is C14H19NO3. The molecule has 1 aromatic rings. The molecule has 2 atom stereocenters. The third kappa shape index (κ3) is 2.89. The molecule has 1 fully saturated rings. The summed E-state index contributed by atoms with van der Waals surface area (Å²) in [6.07, 6.45) is 1.09. The van der Waals surface area contributed by atoms with Gasteiger partial charge in [0.2, 0.25) is 5.91 Å². The van der Waals surface area contributed by atoms with Gasteiger partial charge in [0.1, 0.15) is 0 Å². The maximum Gasteiger partial charge on any atom is 0.223 e. The van der Waals surface area contributed by atoms with Gasteiger partial charge in [-0.05, 0) is 18.4 Å². The molecule has 4 heteroatoms. The number of aliphatic hydroxyl groups is 2. The summed E-state index contributed by atoms with van der Waals surface area (Å²) < 4.78 is 0. The van der Waals surface area contributed by atoms with E-state index in [0.717, 1.165) is 5.56 Å². The van der Waals surface area contributed by atoms with Gasteiger partial charge < -0.3 is 15.1 Å². The van der Waals surface area contributed by atoms with Crippen molar-refractivity contribution >= 4 is 5.91 Å². The molecule has 0 aromatic heterocycles. The van der Waals surface area contributed by atoms with Gasteiger partial charge in [-0.25, -0.2) is 0 Å². The van der Waals surface area contributed by atoms with E-state index in [1.807, 2.05) is 30.3 Å². The van der Waals surface area contributed by atoms with Crippen molar-refractivity contribution in [3.63, 3.8) is 0 Å². The second kappa shape index (κ2) is 5.98. The van der Waals surface area contributed by atoms with Gasteiger partial charge in [0.25, 0.3) is 0 Å². The van der Waals surface area contributed by atoms with Crippen LogP contribution in [0, 0.1) is 0 Å². The molecule has 0 radical (unpaired) electrons. The molecule has 98 valence electrons. The van der Waals surface area contributed by atoms with Crippen molar-refractivity contribution in [2.75, 3.05) is 13.2 Å². The number of amides is 1. The van der Waals surface area contributed by atoms with Crippen molar-refractivity contribution in [2.24, 2.45) is 0 Å². The summed E-state index contributed by atoms with van der Waals surface area (Å²) in [5.74, 6) is 0.00875. The van der Waals surface area contributed by atoms with Gasteiger partial charge in [-0.3, -0.25) is 4.79 Å². The number of hydrogen-bond donors (Lipinski definition) is 2. The highest BCUT2D eigenvalue weighted by molar-refractivity contribution is 5.77. The van der Waals surface area contributed by atoms with E-state index in [1.165, 1.54) is 0 Å². The lowest BCUT2D eigenvalue weighted by atomic mass is 10.1. The second-order valence-electron chi connectivity index (χ2n) is 4.68. The molecule has 1 aromatic carbocycles. The molecule has 0 spiro atoms. The standard InChI is InChI=1S/C14H19NO3/c16-10-12-13(17)8-9-15(12)14(18)7-6-11-4-2-1-3-5-11/h1-5,12-13,16-17H,6-10H2. The Bertz CT molecular complexity index is 393. The summed E-state index contributed by atoms with van der Waals surface area (Å²) >= 11 is 0. The number of carbonyl (C=O) groups is 1. The largest absolute Gasteiger partial charge is 0.394 e. The Labute approximate surface area is 107 Å². The van der Waals surface area contributed by atoms with E-state index in [4.69, 9.17) is 0 Å². The van der Waals surface area contributed by atoms with Crippen LogP contribution in [-0.2, 0) is 11.2 Å². The third-order valence-corrected chi connectivity index (χ3v) is 3.49. The molecule has 1 aliphatic heterocycles. The van der Waals surface area contributed by atoms with Crippen molar-refractivity contribution in [1.82, 2.24) is 4.90 Å². The first-order valence-corrected chi connectivity index (χ1v) is 6.34. The Balaban J connectivity index is 1.88. The van der Waals surface area contributed by atoms with Crippen LogP contribution in [0.15, 0.2) is 30.3 Å². The minimum Gasteiger partial charge on any atom is -0.394 e. The number of rotatable bonds is 4. The van der Waals surface area contributed by atoms with E-state index >= 15 is 0 Å². The molecule has 18 heavy (non-hydrogen) atoms.